The molecule has 1 aliphatic rings. The molecule has 1 amide bonds. The fourth-order valence-corrected chi connectivity index (χ4v) is 0.922. The smallest absolute Gasteiger partial charge is 0.238 e. The van der Waals surface area contributed by atoms with Crippen LogP contribution in [0.4, 0.5) is 0 Å². The number of hydrogen-bond acceptors (Lipinski definition) is 2. The summed E-state index contributed by atoms with van der Waals surface area (Å²) in [5.41, 5.74) is 5.51. The molecule has 0 spiro atoms. The van der Waals surface area contributed by atoms with Crippen LogP contribution in [-0.4, -0.2) is 17.5 Å². The fraction of sp³-hybridized carbons (Fsp3) is 0.667. The zero-order chi connectivity index (χ0) is 9.19. The first-order valence-electron chi connectivity index (χ1n) is 4.08. The average Bonchev–Trinajstić information content (AvgIpc) is 2.68. The third-order valence-electron chi connectivity index (χ3n) is 2.10. The summed E-state index contributed by atoms with van der Waals surface area (Å²) in [6.07, 6.45) is 7.43. The fourth-order valence-electron chi connectivity index (χ4n) is 0.922. The molecule has 3 heteroatoms. The minimum absolute atomic E-state index is 0.00328. The van der Waals surface area contributed by atoms with Gasteiger partial charge in [0, 0.05) is 12.0 Å². The van der Waals surface area contributed by atoms with Gasteiger partial charge in [0.15, 0.2) is 0 Å². The highest BCUT2D eigenvalue weighted by molar-refractivity contribution is 5.82. The van der Waals surface area contributed by atoms with Crippen LogP contribution in [0.3, 0.4) is 0 Å². The Morgan fingerprint density at radius 1 is 1.83 bits per heavy atom. The molecule has 1 rings (SSSR count). The number of terminal acetylenes is 1. The van der Waals surface area contributed by atoms with Gasteiger partial charge in [0.05, 0.1) is 6.04 Å². The van der Waals surface area contributed by atoms with Crippen LogP contribution in [0.25, 0.3) is 0 Å². The molecule has 1 aliphatic carbocycles. The Morgan fingerprint density at radius 2 is 2.42 bits per heavy atom. The predicted molar refractivity (Wildman–Crippen MR) is 47.2 cm³/mol. The number of rotatable bonds is 3. The van der Waals surface area contributed by atoms with Crippen molar-refractivity contribution in [3.63, 3.8) is 0 Å². The Morgan fingerprint density at radius 3 is 2.83 bits per heavy atom. The molecule has 0 aromatic carbocycles. The van der Waals surface area contributed by atoms with Crippen LogP contribution in [0.2, 0.25) is 0 Å². The lowest BCUT2D eigenvalue weighted by Gasteiger charge is -2.14. The van der Waals surface area contributed by atoms with Crippen molar-refractivity contribution in [2.45, 2.75) is 37.8 Å². The Labute approximate surface area is 72.7 Å². The molecule has 0 aliphatic heterocycles. The van der Waals surface area contributed by atoms with Gasteiger partial charge in [-0.3, -0.25) is 4.79 Å². The van der Waals surface area contributed by atoms with Gasteiger partial charge in [-0.25, -0.2) is 0 Å². The van der Waals surface area contributed by atoms with Gasteiger partial charge in [0.2, 0.25) is 5.91 Å². The molecule has 0 aromatic heterocycles. The topological polar surface area (TPSA) is 55.1 Å². The van der Waals surface area contributed by atoms with E-state index in [4.69, 9.17) is 12.2 Å². The van der Waals surface area contributed by atoms with Crippen molar-refractivity contribution in [1.82, 2.24) is 5.32 Å². The molecular weight excluding hydrogens is 152 g/mol. The summed E-state index contributed by atoms with van der Waals surface area (Å²) in [5, 5.41) is 2.86. The molecule has 66 valence electrons. The lowest BCUT2D eigenvalue weighted by Crippen LogP contribution is -2.45. The van der Waals surface area contributed by atoms with E-state index in [1.54, 1.807) is 0 Å². The molecule has 0 bridgehead atoms. The quantitative estimate of drug-likeness (QED) is 0.580. The molecule has 3 N–H and O–H groups in total. The highest BCUT2D eigenvalue weighted by Gasteiger charge is 2.39. The Balaban J connectivity index is 2.33. The number of carbonyl (C=O) groups is 1. The van der Waals surface area contributed by atoms with E-state index in [0.717, 1.165) is 12.8 Å². The first-order chi connectivity index (χ1) is 5.57. The van der Waals surface area contributed by atoms with Gasteiger partial charge in [0.25, 0.3) is 0 Å². The summed E-state index contributed by atoms with van der Waals surface area (Å²) in [5.74, 6) is 2.24. The summed E-state index contributed by atoms with van der Waals surface area (Å²) >= 11 is 0. The molecule has 0 aromatic rings. The number of nitrogens with one attached hydrogen (secondary N) is 1. The van der Waals surface area contributed by atoms with Crippen molar-refractivity contribution in [3.05, 3.63) is 0 Å². The first-order valence-corrected chi connectivity index (χ1v) is 4.08. The minimum Gasteiger partial charge on any atom is -0.350 e. The van der Waals surface area contributed by atoms with Gasteiger partial charge in [-0.2, -0.15) is 0 Å². The van der Waals surface area contributed by atoms with E-state index in [1.807, 2.05) is 6.92 Å². The summed E-state index contributed by atoms with van der Waals surface area (Å²) in [7, 11) is 0. The second-order valence-electron chi connectivity index (χ2n) is 3.56. The van der Waals surface area contributed by atoms with Crippen molar-refractivity contribution in [2.75, 3.05) is 0 Å². The van der Waals surface area contributed by atoms with E-state index < -0.39 is 6.04 Å². The molecule has 1 unspecified atom stereocenters. The average molecular weight is 166 g/mol. The second-order valence-corrected chi connectivity index (χ2v) is 3.56. The van der Waals surface area contributed by atoms with Gasteiger partial charge in [-0.15, -0.1) is 12.3 Å². The van der Waals surface area contributed by atoms with Crippen molar-refractivity contribution in [3.8, 4) is 12.3 Å². The minimum atomic E-state index is -0.549. The van der Waals surface area contributed by atoms with Gasteiger partial charge in [0.1, 0.15) is 0 Å². The summed E-state index contributed by atoms with van der Waals surface area (Å²) in [4.78, 5) is 11.3. The van der Waals surface area contributed by atoms with Gasteiger partial charge in [-0.1, -0.05) is 0 Å². The molecule has 1 atom stereocenters. The third kappa shape index (κ3) is 2.24. The molecule has 3 nitrogen and oxygen atoms in total. The van der Waals surface area contributed by atoms with Crippen molar-refractivity contribution < 1.29 is 4.79 Å². The van der Waals surface area contributed by atoms with Crippen LogP contribution in [-0.2, 0) is 4.79 Å². The maximum absolute atomic E-state index is 11.3. The van der Waals surface area contributed by atoms with E-state index in [-0.39, 0.29) is 11.4 Å². The lowest BCUT2D eigenvalue weighted by molar-refractivity contribution is -0.123. The molecule has 0 saturated heterocycles. The van der Waals surface area contributed by atoms with E-state index in [9.17, 15) is 4.79 Å². The van der Waals surface area contributed by atoms with Crippen LogP contribution in [0.1, 0.15) is 26.2 Å². The zero-order valence-corrected chi connectivity index (χ0v) is 7.26. The summed E-state index contributed by atoms with van der Waals surface area (Å²) in [6, 6.07) is -0.549. The van der Waals surface area contributed by atoms with Gasteiger partial charge in [-0.05, 0) is 19.8 Å². The normalized spacial score (nSPS) is 20.8. The van der Waals surface area contributed by atoms with Crippen molar-refractivity contribution >= 4 is 5.91 Å². The highest BCUT2D eigenvalue weighted by Crippen LogP contribution is 2.34. The molecule has 1 saturated carbocycles. The van der Waals surface area contributed by atoms with Gasteiger partial charge < -0.3 is 11.1 Å². The van der Waals surface area contributed by atoms with E-state index in [1.165, 1.54) is 0 Å². The summed E-state index contributed by atoms with van der Waals surface area (Å²) in [6.45, 7) is 2.01. The van der Waals surface area contributed by atoms with Gasteiger partial charge >= 0.3 is 0 Å². The molecule has 1 fully saturated rings. The van der Waals surface area contributed by atoms with Crippen molar-refractivity contribution in [1.29, 1.82) is 0 Å². The SMILES string of the molecule is C#CCC(N)C(=O)NC1(C)CC1. The maximum atomic E-state index is 11.3. The van der Waals surface area contributed by atoms with E-state index >= 15 is 0 Å². The van der Waals surface area contributed by atoms with Crippen LogP contribution in [0.5, 0.6) is 0 Å². The monoisotopic (exact) mass is 166 g/mol. The lowest BCUT2D eigenvalue weighted by atomic mass is 10.2. The van der Waals surface area contributed by atoms with Crippen LogP contribution in [0.15, 0.2) is 0 Å². The number of amides is 1. The predicted octanol–water partition coefficient (Wildman–Crippen LogP) is 0.00570. The van der Waals surface area contributed by atoms with Crippen LogP contribution < -0.4 is 11.1 Å². The molecule has 0 radical (unpaired) electrons. The van der Waals surface area contributed by atoms with E-state index in [2.05, 4.69) is 11.2 Å². The van der Waals surface area contributed by atoms with Crippen LogP contribution >= 0.6 is 0 Å². The standard InChI is InChI=1S/C9H14N2O/c1-3-4-7(10)8(12)11-9(2)5-6-9/h1,7H,4-6,10H2,2H3,(H,11,12). The second kappa shape index (κ2) is 3.16. The Kier molecular flexibility index (Phi) is 2.39. The van der Waals surface area contributed by atoms with Crippen LogP contribution in [0, 0.1) is 12.3 Å². The zero-order valence-electron chi connectivity index (χ0n) is 7.26. The summed E-state index contributed by atoms with van der Waals surface area (Å²) < 4.78 is 0. The maximum Gasteiger partial charge on any atom is 0.238 e. The number of nitrogens with two attached hydrogens (primary N) is 1. The third-order valence-corrected chi connectivity index (χ3v) is 2.10. The Hall–Kier alpha value is -1.01. The first kappa shape index (κ1) is 9.08. The molecular formula is C9H14N2O. The number of hydrogen-bond donors (Lipinski definition) is 2. The largest absolute Gasteiger partial charge is 0.350 e. The van der Waals surface area contributed by atoms with Crippen molar-refractivity contribution in [2.24, 2.45) is 5.73 Å². The molecule has 0 heterocycles. The molecule has 12 heavy (non-hydrogen) atoms. The highest BCUT2D eigenvalue weighted by atomic mass is 16.2. The Bertz CT molecular complexity index is 225. The number of carbonyl (C=O) groups excluding carboxylic acids is 1. The van der Waals surface area contributed by atoms with E-state index in [0.29, 0.717) is 6.42 Å².